The first-order chi connectivity index (χ1) is 11.8. The number of hydrogen-bond donors (Lipinski definition) is 0. The number of piperidine rings is 1. The highest BCUT2D eigenvalue weighted by Gasteiger charge is 2.36. The SMILES string of the molecule is O=C([C@@H]1CCCN(c2ccccn2)C1)N1CCC[C@H]1c1cccs1. The summed E-state index contributed by atoms with van der Waals surface area (Å²) in [6.07, 6.45) is 6.10. The van der Waals surface area contributed by atoms with Crippen molar-refractivity contribution in [2.45, 2.75) is 31.7 Å². The van der Waals surface area contributed by atoms with Crippen LogP contribution in [0.15, 0.2) is 41.9 Å². The lowest BCUT2D eigenvalue weighted by Gasteiger charge is -2.36. The summed E-state index contributed by atoms with van der Waals surface area (Å²) in [4.78, 5) is 23.4. The maximum Gasteiger partial charge on any atom is 0.228 e. The second-order valence-corrected chi connectivity index (χ2v) is 7.66. The van der Waals surface area contributed by atoms with Gasteiger partial charge in [0.2, 0.25) is 5.91 Å². The molecule has 2 aliphatic rings. The molecule has 0 aliphatic carbocycles. The van der Waals surface area contributed by atoms with Gasteiger partial charge < -0.3 is 9.80 Å². The number of pyridine rings is 1. The number of rotatable bonds is 3. The molecule has 0 spiro atoms. The standard InChI is InChI=1S/C19H23N3OS/c23-19(22-12-4-7-16(22)17-8-5-13-24-17)15-6-3-11-21(14-15)18-9-1-2-10-20-18/h1-2,5,8-10,13,15-16H,3-4,6-7,11-12,14H2/t15-,16+/m1/s1. The van der Waals surface area contributed by atoms with Crippen molar-refractivity contribution >= 4 is 23.1 Å². The summed E-state index contributed by atoms with van der Waals surface area (Å²) in [7, 11) is 0. The van der Waals surface area contributed by atoms with Gasteiger partial charge in [-0.2, -0.15) is 0 Å². The van der Waals surface area contributed by atoms with Crippen molar-refractivity contribution in [2.75, 3.05) is 24.5 Å². The Hall–Kier alpha value is -1.88. The summed E-state index contributed by atoms with van der Waals surface area (Å²) in [6.45, 7) is 2.69. The Bertz CT molecular complexity index is 673. The zero-order chi connectivity index (χ0) is 16.4. The van der Waals surface area contributed by atoms with E-state index in [1.54, 1.807) is 11.3 Å². The van der Waals surface area contributed by atoms with Crippen molar-refractivity contribution in [1.29, 1.82) is 0 Å². The number of nitrogens with zero attached hydrogens (tertiary/aromatic N) is 3. The van der Waals surface area contributed by atoms with E-state index in [1.165, 1.54) is 4.88 Å². The van der Waals surface area contributed by atoms with Crippen LogP contribution < -0.4 is 4.90 Å². The molecule has 0 N–H and O–H groups in total. The lowest BCUT2D eigenvalue weighted by atomic mass is 9.96. The Kier molecular flexibility index (Phi) is 4.52. The molecule has 0 saturated carbocycles. The Morgan fingerprint density at radius 2 is 2.04 bits per heavy atom. The van der Waals surface area contributed by atoms with E-state index in [2.05, 4.69) is 32.3 Å². The normalized spacial score (nSPS) is 24.3. The van der Waals surface area contributed by atoms with Gasteiger partial charge in [-0.15, -0.1) is 11.3 Å². The van der Waals surface area contributed by atoms with Crippen LogP contribution in [0.5, 0.6) is 0 Å². The third-order valence-corrected chi connectivity index (χ3v) is 6.12. The molecule has 2 fully saturated rings. The van der Waals surface area contributed by atoms with Gasteiger partial charge in [0, 0.05) is 30.7 Å². The van der Waals surface area contributed by atoms with E-state index in [1.807, 2.05) is 24.4 Å². The summed E-state index contributed by atoms with van der Waals surface area (Å²) < 4.78 is 0. The quantitative estimate of drug-likeness (QED) is 0.854. The van der Waals surface area contributed by atoms with Gasteiger partial charge in [0.1, 0.15) is 5.82 Å². The van der Waals surface area contributed by atoms with E-state index in [4.69, 9.17) is 0 Å². The van der Waals surface area contributed by atoms with Crippen LogP contribution in [0.25, 0.3) is 0 Å². The predicted molar refractivity (Wildman–Crippen MR) is 97.2 cm³/mol. The fraction of sp³-hybridized carbons (Fsp3) is 0.474. The smallest absolute Gasteiger partial charge is 0.228 e. The molecule has 0 bridgehead atoms. The molecule has 2 aromatic rings. The van der Waals surface area contributed by atoms with E-state index in [0.717, 1.165) is 51.1 Å². The number of carbonyl (C=O) groups excluding carboxylic acids is 1. The van der Waals surface area contributed by atoms with Crippen molar-refractivity contribution in [1.82, 2.24) is 9.88 Å². The van der Waals surface area contributed by atoms with Gasteiger partial charge in [0.25, 0.3) is 0 Å². The molecule has 4 heterocycles. The number of aromatic nitrogens is 1. The third kappa shape index (κ3) is 3.05. The molecule has 4 rings (SSSR count). The average molecular weight is 341 g/mol. The molecule has 2 aliphatic heterocycles. The number of carbonyl (C=O) groups is 1. The summed E-state index contributed by atoms with van der Waals surface area (Å²) in [5.74, 6) is 1.43. The highest BCUT2D eigenvalue weighted by atomic mass is 32.1. The van der Waals surface area contributed by atoms with Crippen LogP contribution in [-0.4, -0.2) is 35.4 Å². The van der Waals surface area contributed by atoms with Gasteiger partial charge in [-0.3, -0.25) is 4.79 Å². The van der Waals surface area contributed by atoms with Crippen LogP contribution in [0, 0.1) is 5.92 Å². The summed E-state index contributed by atoms with van der Waals surface area (Å²) in [5.41, 5.74) is 0. The molecule has 24 heavy (non-hydrogen) atoms. The predicted octanol–water partition coefficient (Wildman–Crippen LogP) is 3.72. The lowest BCUT2D eigenvalue weighted by molar-refractivity contribution is -0.136. The Balaban J connectivity index is 1.47. The van der Waals surface area contributed by atoms with Crippen LogP contribution >= 0.6 is 11.3 Å². The Morgan fingerprint density at radius 1 is 1.12 bits per heavy atom. The zero-order valence-electron chi connectivity index (χ0n) is 13.8. The second-order valence-electron chi connectivity index (χ2n) is 6.68. The monoisotopic (exact) mass is 341 g/mol. The number of hydrogen-bond acceptors (Lipinski definition) is 4. The summed E-state index contributed by atoms with van der Waals surface area (Å²) >= 11 is 1.77. The van der Waals surface area contributed by atoms with E-state index >= 15 is 0 Å². The molecule has 2 saturated heterocycles. The molecule has 1 amide bonds. The number of thiophene rings is 1. The van der Waals surface area contributed by atoms with E-state index in [9.17, 15) is 4.79 Å². The van der Waals surface area contributed by atoms with Gasteiger partial charge in [0.05, 0.1) is 12.0 Å². The van der Waals surface area contributed by atoms with Crippen molar-refractivity contribution in [3.05, 3.63) is 46.8 Å². The molecule has 0 radical (unpaired) electrons. The van der Waals surface area contributed by atoms with Crippen LogP contribution in [0.3, 0.4) is 0 Å². The minimum atomic E-state index is 0.0984. The molecular weight excluding hydrogens is 318 g/mol. The molecule has 2 atom stereocenters. The summed E-state index contributed by atoms with van der Waals surface area (Å²) in [6, 6.07) is 10.5. The average Bonchev–Trinajstić information content (AvgIpc) is 3.33. The van der Waals surface area contributed by atoms with Crippen molar-refractivity contribution in [2.24, 2.45) is 5.92 Å². The molecule has 2 aromatic heterocycles. The molecule has 126 valence electrons. The Labute approximate surface area is 147 Å². The van der Waals surface area contributed by atoms with Crippen LogP contribution in [-0.2, 0) is 4.79 Å². The molecule has 0 unspecified atom stereocenters. The van der Waals surface area contributed by atoms with E-state index in [0.29, 0.717) is 11.9 Å². The van der Waals surface area contributed by atoms with Crippen LogP contribution in [0.2, 0.25) is 0 Å². The molecular formula is C19H23N3OS. The van der Waals surface area contributed by atoms with Crippen LogP contribution in [0.1, 0.15) is 36.6 Å². The van der Waals surface area contributed by atoms with Crippen LogP contribution in [0.4, 0.5) is 5.82 Å². The van der Waals surface area contributed by atoms with Gasteiger partial charge in [-0.05, 0) is 49.3 Å². The fourth-order valence-electron chi connectivity index (χ4n) is 3.97. The van der Waals surface area contributed by atoms with E-state index in [-0.39, 0.29) is 5.92 Å². The maximum absolute atomic E-state index is 13.2. The first kappa shape index (κ1) is 15.6. The first-order valence-electron chi connectivity index (χ1n) is 8.83. The van der Waals surface area contributed by atoms with Gasteiger partial charge in [-0.1, -0.05) is 12.1 Å². The lowest BCUT2D eigenvalue weighted by Crippen LogP contribution is -2.44. The van der Waals surface area contributed by atoms with Gasteiger partial charge in [-0.25, -0.2) is 4.98 Å². The summed E-state index contributed by atoms with van der Waals surface area (Å²) in [5, 5.41) is 2.11. The molecule has 4 nitrogen and oxygen atoms in total. The number of amides is 1. The number of likely N-dealkylation sites (tertiary alicyclic amines) is 1. The van der Waals surface area contributed by atoms with E-state index < -0.39 is 0 Å². The minimum Gasteiger partial charge on any atom is -0.356 e. The highest BCUT2D eigenvalue weighted by Crippen LogP contribution is 2.36. The fourth-order valence-corrected chi connectivity index (χ4v) is 4.84. The Morgan fingerprint density at radius 3 is 2.83 bits per heavy atom. The minimum absolute atomic E-state index is 0.0984. The first-order valence-corrected chi connectivity index (χ1v) is 9.71. The zero-order valence-corrected chi connectivity index (χ0v) is 14.6. The second kappa shape index (κ2) is 6.93. The number of anilines is 1. The van der Waals surface area contributed by atoms with Gasteiger partial charge in [0.15, 0.2) is 0 Å². The largest absolute Gasteiger partial charge is 0.356 e. The van der Waals surface area contributed by atoms with Crippen molar-refractivity contribution in [3.63, 3.8) is 0 Å². The molecule has 0 aromatic carbocycles. The van der Waals surface area contributed by atoms with Crippen molar-refractivity contribution in [3.8, 4) is 0 Å². The maximum atomic E-state index is 13.2. The van der Waals surface area contributed by atoms with Crippen molar-refractivity contribution < 1.29 is 4.79 Å². The topological polar surface area (TPSA) is 36.4 Å². The van der Waals surface area contributed by atoms with Gasteiger partial charge >= 0.3 is 0 Å². The highest BCUT2D eigenvalue weighted by molar-refractivity contribution is 7.10. The molecule has 5 heteroatoms. The third-order valence-electron chi connectivity index (χ3n) is 5.15.